The maximum atomic E-state index is 4.67. The monoisotopic (exact) mass is 291 g/mol. The Morgan fingerprint density at radius 2 is 1.90 bits per heavy atom. The molecule has 0 aliphatic heterocycles. The summed E-state index contributed by atoms with van der Waals surface area (Å²) in [4.78, 5) is 7.07. The van der Waals surface area contributed by atoms with Crippen molar-refractivity contribution in [1.29, 1.82) is 0 Å². The Morgan fingerprint density at radius 1 is 1.19 bits per heavy atom. The summed E-state index contributed by atoms with van der Waals surface area (Å²) >= 11 is 0. The van der Waals surface area contributed by atoms with Crippen LogP contribution in [-0.2, 0) is 6.54 Å². The number of nitrogens with zero attached hydrogens (tertiary/aromatic N) is 2. The van der Waals surface area contributed by atoms with Crippen LogP contribution in [0.1, 0.15) is 66.4 Å². The van der Waals surface area contributed by atoms with Crippen molar-refractivity contribution in [1.82, 2.24) is 10.3 Å². The zero-order valence-electron chi connectivity index (χ0n) is 14.7. The van der Waals surface area contributed by atoms with Gasteiger partial charge in [-0.15, -0.1) is 0 Å². The number of aromatic nitrogens is 1. The van der Waals surface area contributed by atoms with E-state index in [0.717, 1.165) is 18.9 Å². The highest BCUT2D eigenvalue weighted by atomic mass is 15.2. The molecule has 0 atom stereocenters. The molecule has 1 aromatic rings. The Kier molecular flexibility index (Phi) is 7.16. The third-order valence-corrected chi connectivity index (χ3v) is 3.55. The zero-order valence-corrected chi connectivity index (χ0v) is 14.7. The molecule has 1 aromatic heterocycles. The highest BCUT2D eigenvalue weighted by molar-refractivity contribution is 5.40. The number of unbranched alkanes of at least 4 members (excludes halogenated alkanes) is 2. The van der Waals surface area contributed by atoms with Gasteiger partial charge in [-0.2, -0.15) is 0 Å². The number of hydrogen-bond acceptors (Lipinski definition) is 3. The van der Waals surface area contributed by atoms with E-state index in [9.17, 15) is 0 Å². The molecule has 0 aliphatic carbocycles. The van der Waals surface area contributed by atoms with E-state index in [4.69, 9.17) is 0 Å². The molecule has 1 heterocycles. The number of anilines is 1. The Hall–Kier alpha value is -1.09. The van der Waals surface area contributed by atoms with Crippen LogP contribution in [0.25, 0.3) is 0 Å². The average Bonchev–Trinajstić information content (AvgIpc) is 2.41. The zero-order chi connectivity index (χ0) is 15.9. The lowest BCUT2D eigenvalue weighted by Crippen LogP contribution is -2.35. The van der Waals surface area contributed by atoms with Crippen molar-refractivity contribution < 1.29 is 0 Å². The van der Waals surface area contributed by atoms with Gasteiger partial charge < -0.3 is 10.2 Å². The van der Waals surface area contributed by atoms with Gasteiger partial charge in [-0.05, 0) is 52.7 Å². The van der Waals surface area contributed by atoms with Gasteiger partial charge in [0.2, 0.25) is 0 Å². The minimum absolute atomic E-state index is 0.142. The van der Waals surface area contributed by atoms with Gasteiger partial charge in [0.1, 0.15) is 5.82 Å². The molecule has 1 rings (SSSR count). The summed E-state index contributed by atoms with van der Waals surface area (Å²) in [7, 11) is 0. The van der Waals surface area contributed by atoms with Crippen LogP contribution in [0.3, 0.4) is 0 Å². The molecule has 0 bridgehead atoms. The van der Waals surface area contributed by atoms with E-state index in [1.54, 1.807) is 0 Å². The highest BCUT2D eigenvalue weighted by Gasteiger charge is 2.12. The SMILES string of the molecule is CCCCCN(c1ccc(CNC(C)(C)C)cn1)C(C)C. The lowest BCUT2D eigenvalue weighted by molar-refractivity contribution is 0.424. The van der Waals surface area contributed by atoms with E-state index in [2.05, 4.69) is 68.9 Å². The summed E-state index contributed by atoms with van der Waals surface area (Å²) in [6.07, 6.45) is 5.79. The molecular formula is C18H33N3. The minimum atomic E-state index is 0.142. The Morgan fingerprint density at radius 3 is 2.38 bits per heavy atom. The third kappa shape index (κ3) is 6.94. The van der Waals surface area contributed by atoms with Crippen molar-refractivity contribution in [2.75, 3.05) is 11.4 Å². The fraction of sp³-hybridized carbons (Fsp3) is 0.722. The molecular weight excluding hydrogens is 258 g/mol. The molecule has 0 aromatic carbocycles. The quantitative estimate of drug-likeness (QED) is 0.721. The second kappa shape index (κ2) is 8.38. The maximum Gasteiger partial charge on any atom is 0.128 e. The highest BCUT2D eigenvalue weighted by Crippen LogP contribution is 2.16. The lowest BCUT2D eigenvalue weighted by Gasteiger charge is -2.28. The van der Waals surface area contributed by atoms with Gasteiger partial charge in [-0.3, -0.25) is 0 Å². The summed E-state index contributed by atoms with van der Waals surface area (Å²) < 4.78 is 0. The van der Waals surface area contributed by atoms with Crippen molar-refractivity contribution in [3.63, 3.8) is 0 Å². The van der Waals surface area contributed by atoms with E-state index in [-0.39, 0.29) is 5.54 Å². The molecule has 3 heteroatoms. The van der Waals surface area contributed by atoms with Gasteiger partial charge in [0.15, 0.2) is 0 Å². The first-order chi connectivity index (χ1) is 9.83. The summed E-state index contributed by atoms with van der Waals surface area (Å²) in [5, 5.41) is 3.50. The lowest BCUT2D eigenvalue weighted by atomic mass is 10.1. The van der Waals surface area contributed by atoms with E-state index in [0.29, 0.717) is 6.04 Å². The maximum absolute atomic E-state index is 4.67. The summed E-state index contributed by atoms with van der Waals surface area (Å²) in [6.45, 7) is 15.2. The van der Waals surface area contributed by atoms with Crippen LogP contribution in [0, 0.1) is 0 Å². The molecule has 1 N–H and O–H groups in total. The van der Waals surface area contributed by atoms with Crippen LogP contribution in [0.15, 0.2) is 18.3 Å². The molecule has 21 heavy (non-hydrogen) atoms. The Labute approximate surface area is 131 Å². The van der Waals surface area contributed by atoms with Crippen molar-refractivity contribution in [3.8, 4) is 0 Å². The van der Waals surface area contributed by atoms with E-state index >= 15 is 0 Å². The normalized spacial score (nSPS) is 12.0. The Balaban J connectivity index is 2.64. The van der Waals surface area contributed by atoms with Crippen molar-refractivity contribution in [2.24, 2.45) is 0 Å². The first-order valence-corrected chi connectivity index (χ1v) is 8.30. The summed E-state index contributed by atoms with van der Waals surface area (Å²) in [5.74, 6) is 1.10. The molecule has 0 aliphatic rings. The van der Waals surface area contributed by atoms with Crippen LogP contribution in [-0.4, -0.2) is 23.1 Å². The van der Waals surface area contributed by atoms with Crippen molar-refractivity contribution in [3.05, 3.63) is 23.9 Å². The molecule has 3 nitrogen and oxygen atoms in total. The van der Waals surface area contributed by atoms with Gasteiger partial charge in [0, 0.05) is 30.9 Å². The first-order valence-electron chi connectivity index (χ1n) is 8.30. The minimum Gasteiger partial charge on any atom is -0.354 e. The van der Waals surface area contributed by atoms with Crippen molar-refractivity contribution in [2.45, 2.75) is 78.9 Å². The molecule has 120 valence electrons. The largest absolute Gasteiger partial charge is 0.354 e. The molecule has 0 spiro atoms. The molecule has 0 unspecified atom stereocenters. The predicted molar refractivity (Wildman–Crippen MR) is 92.8 cm³/mol. The molecule has 0 radical (unpaired) electrons. The molecule has 0 fully saturated rings. The number of nitrogens with one attached hydrogen (secondary N) is 1. The van der Waals surface area contributed by atoms with Crippen molar-refractivity contribution >= 4 is 5.82 Å². The topological polar surface area (TPSA) is 28.2 Å². The summed E-state index contributed by atoms with van der Waals surface area (Å²) in [6, 6.07) is 4.84. The van der Waals surface area contributed by atoms with Crippen LogP contribution in [0.4, 0.5) is 5.82 Å². The standard InChI is InChI=1S/C18H33N3/c1-7-8-9-12-21(15(2)3)17-11-10-16(13-19-17)14-20-18(4,5)6/h10-11,13,15,20H,7-9,12,14H2,1-6H3. The van der Waals surface area contributed by atoms with E-state index in [1.807, 2.05) is 6.20 Å². The third-order valence-electron chi connectivity index (χ3n) is 3.55. The van der Waals surface area contributed by atoms with Gasteiger partial charge in [0.25, 0.3) is 0 Å². The van der Waals surface area contributed by atoms with Crippen LogP contribution in [0.5, 0.6) is 0 Å². The molecule has 0 saturated carbocycles. The van der Waals surface area contributed by atoms with Crippen LogP contribution < -0.4 is 10.2 Å². The van der Waals surface area contributed by atoms with E-state index in [1.165, 1.54) is 24.8 Å². The fourth-order valence-electron chi connectivity index (χ4n) is 2.23. The Bertz CT molecular complexity index is 390. The molecule has 0 amide bonds. The van der Waals surface area contributed by atoms with Crippen LogP contribution in [0.2, 0.25) is 0 Å². The second-order valence-corrected chi connectivity index (χ2v) is 7.12. The number of hydrogen-bond donors (Lipinski definition) is 1. The van der Waals surface area contributed by atoms with Gasteiger partial charge in [-0.25, -0.2) is 4.98 Å². The predicted octanol–water partition coefficient (Wildman–Crippen LogP) is 4.37. The second-order valence-electron chi connectivity index (χ2n) is 7.12. The van der Waals surface area contributed by atoms with Gasteiger partial charge >= 0.3 is 0 Å². The van der Waals surface area contributed by atoms with Gasteiger partial charge in [0.05, 0.1) is 0 Å². The smallest absolute Gasteiger partial charge is 0.128 e. The fourth-order valence-corrected chi connectivity index (χ4v) is 2.23. The summed E-state index contributed by atoms with van der Waals surface area (Å²) in [5.41, 5.74) is 1.38. The van der Waals surface area contributed by atoms with Gasteiger partial charge in [-0.1, -0.05) is 25.8 Å². The first kappa shape index (κ1) is 18.0. The number of pyridine rings is 1. The average molecular weight is 291 g/mol. The van der Waals surface area contributed by atoms with Crippen LogP contribution >= 0.6 is 0 Å². The molecule has 0 saturated heterocycles. The van der Waals surface area contributed by atoms with E-state index < -0.39 is 0 Å². The number of rotatable bonds is 8.